The van der Waals surface area contributed by atoms with Crippen LogP contribution in [0.25, 0.3) is 16.9 Å². The molecule has 0 aliphatic heterocycles. The number of aromatic nitrogens is 2. The van der Waals surface area contributed by atoms with E-state index >= 15 is 0 Å². The normalized spacial score (nSPS) is 10.5. The summed E-state index contributed by atoms with van der Waals surface area (Å²) >= 11 is 0. The molecule has 3 aromatic rings. The van der Waals surface area contributed by atoms with Gasteiger partial charge in [-0.1, -0.05) is 12.1 Å². The van der Waals surface area contributed by atoms with Crippen LogP contribution < -0.4 is 20.5 Å². The lowest BCUT2D eigenvalue weighted by Crippen LogP contribution is -2.30. The Balaban J connectivity index is 2.15. The molecule has 150 valence electrons. The van der Waals surface area contributed by atoms with Crippen LogP contribution in [0.15, 0.2) is 59.4 Å². The van der Waals surface area contributed by atoms with Crippen molar-refractivity contribution in [2.24, 2.45) is 0 Å². The van der Waals surface area contributed by atoms with Crippen molar-refractivity contribution in [2.45, 2.75) is 13.8 Å². The second-order valence-electron chi connectivity index (χ2n) is 6.61. The number of methoxy groups -OCH3 is 1. The second-order valence-corrected chi connectivity index (χ2v) is 6.61. The Labute approximate surface area is 169 Å². The molecule has 0 spiro atoms. The van der Waals surface area contributed by atoms with Gasteiger partial charge in [0.1, 0.15) is 11.4 Å². The van der Waals surface area contributed by atoms with Crippen LogP contribution in [-0.2, 0) is 4.79 Å². The Morgan fingerprint density at radius 2 is 1.90 bits per heavy atom. The first-order valence-corrected chi connectivity index (χ1v) is 9.31. The van der Waals surface area contributed by atoms with Crippen LogP contribution in [0.5, 0.6) is 5.75 Å². The zero-order chi connectivity index (χ0) is 21.0. The molecule has 0 aliphatic rings. The van der Waals surface area contributed by atoms with E-state index in [0.717, 1.165) is 5.56 Å². The molecule has 0 saturated heterocycles. The molecule has 0 bridgehead atoms. The van der Waals surface area contributed by atoms with E-state index < -0.39 is 0 Å². The van der Waals surface area contributed by atoms with Crippen molar-refractivity contribution in [1.29, 1.82) is 0 Å². The van der Waals surface area contributed by atoms with E-state index in [9.17, 15) is 9.59 Å². The zero-order valence-electron chi connectivity index (χ0n) is 17.0. The van der Waals surface area contributed by atoms with Gasteiger partial charge in [0.2, 0.25) is 5.91 Å². The quantitative estimate of drug-likeness (QED) is 0.696. The zero-order valence-corrected chi connectivity index (χ0v) is 17.0. The number of nitrogens with one attached hydrogen (secondary N) is 1. The lowest BCUT2D eigenvalue weighted by atomic mass is 10.1. The van der Waals surface area contributed by atoms with Crippen molar-refractivity contribution < 1.29 is 9.53 Å². The topological polar surface area (TPSA) is 76.5 Å². The van der Waals surface area contributed by atoms with Gasteiger partial charge in [-0.25, -0.2) is 0 Å². The first-order valence-electron chi connectivity index (χ1n) is 9.31. The summed E-state index contributed by atoms with van der Waals surface area (Å²) in [7, 11) is 3.48. The molecule has 1 aromatic heterocycles. The summed E-state index contributed by atoms with van der Waals surface area (Å²) in [5, 5.41) is 7.31. The summed E-state index contributed by atoms with van der Waals surface area (Å²) in [4.78, 5) is 26.2. The minimum atomic E-state index is -0.215. The first-order chi connectivity index (χ1) is 13.9. The fourth-order valence-electron chi connectivity index (χ4n) is 2.91. The summed E-state index contributed by atoms with van der Waals surface area (Å²) in [5.41, 5.74) is 3.10. The fraction of sp³-hybridized carbons (Fsp3) is 0.227. The van der Waals surface area contributed by atoms with Crippen molar-refractivity contribution in [2.75, 3.05) is 30.9 Å². The Morgan fingerprint density at radius 1 is 1.17 bits per heavy atom. The van der Waals surface area contributed by atoms with E-state index in [4.69, 9.17) is 4.74 Å². The number of benzene rings is 2. The smallest absolute Gasteiger partial charge is 0.295 e. The number of carbonyl (C=O) groups is 1. The van der Waals surface area contributed by atoms with Crippen LogP contribution in [0.3, 0.4) is 0 Å². The average Bonchev–Trinajstić information content (AvgIpc) is 2.73. The molecular weight excluding hydrogens is 368 g/mol. The van der Waals surface area contributed by atoms with Crippen LogP contribution in [0, 0.1) is 0 Å². The van der Waals surface area contributed by atoms with Crippen molar-refractivity contribution in [3.8, 4) is 22.7 Å². The van der Waals surface area contributed by atoms with Crippen molar-refractivity contribution >= 4 is 17.3 Å². The molecular formula is C22H24N4O3. The molecule has 0 fully saturated rings. The number of ether oxygens (including phenoxy) is 1. The maximum Gasteiger partial charge on any atom is 0.295 e. The average molecular weight is 392 g/mol. The molecule has 1 heterocycles. The number of rotatable bonds is 6. The number of hydrogen-bond acceptors (Lipinski definition) is 5. The van der Waals surface area contributed by atoms with Crippen molar-refractivity contribution in [3.05, 3.63) is 65.0 Å². The van der Waals surface area contributed by atoms with E-state index in [1.807, 2.05) is 43.1 Å². The van der Waals surface area contributed by atoms with Gasteiger partial charge in [0, 0.05) is 31.8 Å². The maximum atomic E-state index is 13.1. The van der Waals surface area contributed by atoms with Crippen LogP contribution >= 0.6 is 0 Å². The molecule has 0 radical (unpaired) electrons. The van der Waals surface area contributed by atoms with Gasteiger partial charge in [-0.05, 0) is 49.4 Å². The Hall–Kier alpha value is -3.61. The van der Waals surface area contributed by atoms with Crippen molar-refractivity contribution in [3.63, 3.8) is 0 Å². The highest BCUT2D eigenvalue weighted by molar-refractivity contribution is 5.88. The van der Waals surface area contributed by atoms with Gasteiger partial charge in [-0.15, -0.1) is 0 Å². The summed E-state index contributed by atoms with van der Waals surface area (Å²) in [6.07, 6.45) is 0. The largest absolute Gasteiger partial charge is 0.497 e. The monoisotopic (exact) mass is 392 g/mol. The number of nitrogens with zero attached hydrogens (tertiary/aromatic N) is 3. The number of anilines is 2. The van der Waals surface area contributed by atoms with E-state index in [-0.39, 0.29) is 11.5 Å². The predicted octanol–water partition coefficient (Wildman–Crippen LogP) is 3.32. The Morgan fingerprint density at radius 3 is 2.52 bits per heavy atom. The molecule has 3 rings (SSSR count). The van der Waals surface area contributed by atoms with Crippen LogP contribution in [0.2, 0.25) is 0 Å². The molecule has 1 amide bonds. The molecule has 1 N–H and O–H groups in total. The fourth-order valence-corrected chi connectivity index (χ4v) is 2.91. The molecule has 0 unspecified atom stereocenters. The molecule has 7 nitrogen and oxygen atoms in total. The summed E-state index contributed by atoms with van der Waals surface area (Å²) < 4.78 is 6.70. The predicted molar refractivity (Wildman–Crippen MR) is 115 cm³/mol. The van der Waals surface area contributed by atoms with Gasteiger partial charge in [0.15, 0.2) is 0 Å². The third-order valence-corrected chi connectivity index (χ3v) is 4.58. The highest BCUT2D eigenvalue weighted by atomic mass is 16.5. The minimum absolute atomic E-state index is 0.153. The SMILES string of the molecule is CCN(C)c1cc(-c2cccc(OC)c2)nn(-c2ccc(NC(C)=O)cc2)c1=O. The lowest BCUT2D eigenvalue weighted by molar-refractivity contribution is -0.114. The number of carbonyl (C=O) groups excluding carboxylic acids is 1. The Bertz CT molecular complexity index is 1070. The molecule has 7 heteroatoms. The van der Waals surface area contributed by atoms with Gasteiger partial charge in [0.05, 0.1) is 18.5 Å². The highest BCUT2D eigenvalue weighted by Gasteiger charge is 2.14. The van der Waals surface area contributed by atoms with Gasteiger partial charge in [-0.3, -0.25) is 9.59 Å². The lowest BCUT2D eigenvalue weighted by Gasteiger charge is -2.19. The summed E-state index contributed by atoms with van der Waals surface area (Å²) in [6.45, 7) is 4.11. The second kappa shape index (κ2) is 8.60. The summed E-state index contributed by atoms with van der Waals surface area (Å²) in [6, 6.07) is 16.3. The molecule has 0 aliphatic carbocycles. The third kappa shape index (κ3) is 4.45. The van der Waals surface area contributed by atoms with Gasteiger partial charge in [0.25, 0.3) is 5.56 Å². The Kier molecular flexibility index (Phi) is 5.97. The van der Waals surface area contributed by atoms with E-state index in [1.54, 1.807) is 37.4 Å². The van der Waals surface area contributed by atoms with E-state index in [2.05, 4.69) is 10.4 Å². The number of hydrogen-bond donors (Lipinski definition) is 1. The van der Waals surface area contributed by atoms with Gasteiger partial charge >= 0.3 is 0 Å². The van der Waals surface area contributed by atoms with E-state index in [1.165, 1.54) is 11.6 Å². The van der Waals surface area contributed by atoms with Gasteiger partial charge < -0.3 is 15.0 Å². The molecule has 29 heavy (non-hydrogen) atoms. The van der Waals surface area contributed by atoms with Crippen LogP contribution in [0.4, 0.5) is 11.4 Å². The van der Waals surface area contributed by atoms with E-state index in [0.29, 0.717) is 35.1 Å². The molecule has 2 aromatic carbocycles. The maximum absolute atomic E-state index is 13.1. The molecule has 0 saturated carbocycles. The highest BCUT2D eigenvalue weighted by Crippen LogP contribution is 2.24. The summed E-state index contributed by atoms with van der Waals surface area (Å²) in [5.74, 6) is 0.562. The first kappa shape index (κ1) is 20.1. The van der Waals surface area contributed by atoms with Gasteiger partial charge in [-0.2, -0.15) is 9.78 Å². The molecule has 0 atom stereocenters. The number of amides is 1. The third-order valence-electron chi connectivity index (χ3n) is 4.58. The van der Waals surface area contributed by atoms with Crippen LogP contribution in [-0.4, -0.2) is 36.4 Å². The standard InChI is InChI=1S/C22H24N4O3/c1-5-25(3)21-14-20(16-7-6-8-19(13-16)29-4)24-26(22(21)28)18-11-9-17(10-12-18)23-15(2)27/h6-14H,5H2,1-4H3,(H,23,27). The van der Waals surface area contributed by atoms with Crippen molar-refractivity contribution in [1.82, 2.24) is 9.78 Å². The van der Waals surface area contributed by atoms with Crippen LogP contribution in [0.1, 0.15) is 13.8 Å². The minimum Gasteiger partial charge on any atom is -0.497 e.